The lowest BCUT2D eigenvalue weighted by atomic mass is 9.58. The molecule has 0 spiro atoms. The Morgan fingerprint density at radius 3 is 0.843 bits per heavy atom. The lowest BCUT2D eigenvalue weighted by Crippen LogP contribution is -2.37. The molecule has 0 N–H and O–H groups in total. The summed E-state index contributed by atoms with van der Waals surface area (Å²) in [5.74, 6) is 0. The summed E-state index contributed by atoms with van der Waals surface area (Å²) in [7, 11) is 0. The molecular weight excluding hydrogens is 841 g/mol. The lowest BCUT2D eigenvalue weighted by Gasteiger charge is -2.45. The molecule has 0 aliphatic heterocycles. The molecule has 9 aromatic carbocycles. The standard InChI is InChI=1S/C70H66/c1-11-51-52(12-2)62(50-43-39-46(40-44-50)54-30-24-36-60-66(54)70(9,10)58-34-22-20-32-56(58)68(60,5)6)64(48-27-17-14-18-28-48)63(47-25-15-13-16-26-47)61(51)49-41-37-45(38-42-49)53-29-23-35-59-65(53)69(7,8)57-33-21-19-31-55(57)67(59,3)4/h13-44H,11-12H2,1-10H3. The van der Waals surface area contributed by atoms with Crippen molar-refractivity contribution in [3.8, 4) is 66.8 Å². The van der Waals surface area contributed by atoms with Crippen molar-refractivity contribution in [2.45, 2.75) is 104 Å². The summed E-state index contributed by atoms with van der Waals surface area (Å²) >= 11 is 0. The van der Waals surface area contributed by atoms with E-state index in [1.165, 1.54) is 122 Å². The van der Waals surface area contributed by atoms with Gasteiger partial charge in [0.15, 0.2) is 0 Å². The largest absolute Gasteiger partial charge is 0.0622 e. The van der Waals surface area contributed by atoms with E-state index in [0.717, 1.165) is 12.8 Å². The first-order valence-electron chi connectivity index (χ1n) is 25.7. The third kappa shape index (κ3) is 6.85. The van der Waals surface area contributed by atoms with E-state index in [1.54, 1.807) is 0 Å². The van der Waals surface area contributed by atoms with Crippen molar-refractivity contribution in [3.63, 3.8) is 0 Å². The summed E-state index contributed by atoms with van der Waals surface area (Å²) in [6.07, 6.45) is 1.83. The average Bonchev–Trinajstić information content (AvgIpc) is 3.39. The Kier molecular flexibility index (Phi) is 10.9. The number of hydrogen-bond donors (Lipinski definition) is 0. The van der Waals surface area contributed by atoms with Gasteiger partial charge in [-0.25, -0.2) is 0 Å². The maximum absolute atomic E-state index is 2.42. The van der Waals surface area contributed by atoms with Crippen LogP contribution in [0, 0.1) is 0 Å². The highest BCUT2D eigenvalue weighted by molar-refractivity contribution is 6.05. The van der Waals surface area contributed by atoms with Gasteiger partial charge in [-0.05, 0) is 135 Å². The van der Waals surface area contributed by atoms with Crippen molar-refractivity contribution < 1.29 is 0 Å². The molecule has 2 aliphatic rings. The molecule has 11 rings (SSSR count). The zero-order chi connectivity index (χ0) is 48.7. The first kappa shape index (κ1) is 45.4. The fourth-order valence-corrected chi connectivity index (χ4v) is 13.4. The summed E-state index contributed by atoms with van der Waals surface area (Å²) in [6.45, 7) is 24.0. The molecular formula is C70H66. The maximum Gasteiger partial charge on any atom is 0.0158 e. The van der Waals surface area contributed by atoms with Crippen LogP contribution in [0.5, 0.6) is 0 Å². The van der Waals surface area contributed by atoms with Crippen molar-refractivity contribution in [2.24, 2.45) is 0 Å². The van der Waals surface area contributed by atoms with Gasteiger partial charge in [-0.15, -0.1) is 0 Å². The van der Waals surface area contributed by atoms with Gasteiger partial charge in [0.1, 0.15) is 0 Å². The SMILES string of the molecule is CCc1c(CC)c(-c2ccc(-c3cccc4c3C(C)(C)c3ccccc3C4(C)C)cc2)c(-c2ccccc2)c(-c2ccccc2)c1-c1ccc(-c2cccc3c2C(C)(C)c2ccccc2C3(C)C)cc1. The fourth-order valence-electron chi connectivity index (χ4n) is 13.4. The van der Waals surface area contributed by atoms with Gasteiger partial charge in [0, 0.05) is 21.7 Å². The fraction of sp³-hybridized carbons (Fsp3) is 0.229. The van der Waals surface area contributed by atoms with Gasteiger partial charge in [0.25, 0.3) is 0 Å². The predicted octanol–water partition coefficient (Wildman–Crippen LogP) is 18.7. The second-order valence-electron chi connectivity index (χ2n) is 22.1. The Morgan fingerprint density at radius 2 is 0.514 bits per heavy atom. The molecule has 9 aromatic rings. The van der Waals surface area contributed by atoms with Crippen LogP contribution in [0.15, 0.2) is 194 Å². The summed E-state index contributed by atoms with van der Waals surface area (Å²) < 4.78 is 0. The van der Waals surface area contributed by atoms with Gasteiger partial charge in [0.05, 0.1) is 0 Å². The molecule has 0 saturated heterocycles. The summed E-state index contributed by atoms with van der Waals surface area (Å²) in [5, 5.41) is 0. The number of hydrogen-bond acceptors (Lipinski definition) is 0. The van der Waals surface area contributed by atoms with Crippen LogP contribution in [-0.4, -0.2) is 0 Å². The molecule has 0 fully saturated rings. The van der Waals surface area contributed by atoms with Gasteiger partial charge >= 0.3 is 0 Å². The molecule has 0 heterocycles. The molecule has 0 bridgehead atoms. The van der Waals surface area contributed by atoms with Crippen molar-refractivity contribution >= 4 is 0 Å². The summed E-state index contributed by atoms with van der Waals surface area (Å²) in [6, 6.07) is 73.7. The lowest BCUT2D eigenvalue weighted by molar-refractivity contribution is 0.522. The molecule has 0 unspecified atom stereocenters. The van der Waals surface area contributed by atoms with Gasteiger partial charge in [0.2, 0.25) is 0 Å². The number of rotatable bonds is 8. The van der Waals surface area contributed by atoms with Crippen LogP contribution in [0.2, 0.25) is 0 Å². The molecule has 0 nitrogen and oxygen atoms in total. The van der Waals surface area contributed by atoms with Gasteiger partial charge < -0.3 is 0 Å². The molecule has 70 heavy (non-hydrogen) atoms. The van der Waals surface area contributed by atoms with Crippen molar-refractivity contribution in [1.29, 1.82) is 0 Å². The minimum atomic E-state index is -0.151. The van der Waals surface area contributed by atoms with Crippen LogP contribution in [0.4, 0.5) is 0 Å². The van der Waals surface area contributed by atoms with Crippen molar-refractivity contribution in [1.82, 2.24) is 0 Å². The highest BCUT2D eigenvalue weighted by Gasteiger charge is 2.44. The minimum Gasteiger partial charge on any atom is -0.0622 e. The zero-order valence-corrected chi connectivity index (χ0v) is 42.9. The Labute approximate surface area is 418 Å². The predicted molar refractivity (Wildman–Crippen MR) is 299 cm³/mol. The quantitative estimate of drug-likeness (QED) is 0.143. The van der Waals surface area contributed by atoms with Gasteiger partial charge in [-0.2, -0.15) is 0 Å². The summed E-state index contributed by atoms with van der Waals surface area (Å²) in [4.78, 5) is 0. The Morgan fingerprint density at radius 1 is 0.243 bits per heavy atom. The third-order valence-electron chi connectivity index (χ3n) is 16.8. The highest BCUT2D eigenvalue weighted by Crippen LogP contribution is 2.56. The normalized spacial score (nSPS) is 15.6. The zero-order valence-electron chi connectivity index (χ0n) is 42.9. The Bertz CT molecular complexity index is 3210. The van der Waals surface area contributed by atoms with Crippen LogP contribution in [-0.2, 0) is 34.5 Å². The van der Waals surface area contributed by atoms with E-state index in [1.807, 2.05) is 0 Å². The van der Waals surface area contributed by atoms with Gasteiger partial charge in [-0.1, -0.05) is 263 Å². The van der Waals surface area contributed by atoms with E-state index in [-0.39, 0.29) is 21.7 Å². The average molecular weight is 907 g/mol. The second kappa shape index (κ2) is 16.8. The molecule has 2 aliphatic carbocycles. The molecule has 0 heteroatoms. The Hall–Kier alpha value is -7.02. The first-order valence-corrected chi connectivity index (χ1v) is 25.7. The monoisotopic (exact) mass is 907 g/mol. The van der Waals surface area contributed by atoms with Crippen LogP contribution in [0.25, 0.3) is 66.8 Å². The molecule has 0 amide bonds. The van der Waals surface area contributed by atoms with Crippen LogP contribution in [0.1, 0.15) is 125 Å². The van der Waals surface area contributed by atoms with E-state index in [2.05, 4.69) is 263 Å². The van der Waals surface area contributed by atoms with Gasteiger partial charge in [-0.3, -0.25) is 0 Å². The van der Waals surface area contributed by atoms with Crippen LogP contribution >= 0.6 is 0 Å². The van der Waals surface area contributed by atoms with Crippen LogP contribution in [0.3, 0.4) is 0 Å². The minimum absolute atomic E-state index is 0.105. The van der Waals surface area contributed by atoms with Crippen LogP contribution < -0.4 is 0 Å². The molecule has 0 saturated carbocycles. The van der Waals surface area contributed by atoms with E-state index in [0.29, 0.717) is 0 Å². The van der Waals surface area contributed by atoms with Crippen molar-refractivity contribution in [3.05, 3.63) is 250 Å². The maximum atomic E-state index is 2.42. The smallest absolute Gasteiger partial charge is 0.0158 e. The van der Waals surface area contributed by atoms with E-state index in [4.69, 9.17) is 0 Å². The molecule has 0 aromatic heterocycles. The van der Waals surface area contributed by atoms with E-state index < -0.39 is 0 Å². The number of benzene rings is 9. The molecule has 0 radical (unpaired) electrons. The van der Waals surface area contributed by atoms with E-state index >= 15 is 0 Å². The highest BCUT2D eigenvalue weighted by atomic mass is 14.5. The van der Waals surface area contributed by atoms with E-state index in [9.17, 15) is 0 Å². The Balaban J connectivity index is 1.10. The van der Waals surface area contributed by atoms with Crippen molar-refractivity contribution in [2.75, 3.05) is 0 Å². The molecule has 0 atom stereocenters. The topological polar surface area (TPSA) is 0 Å². The first-order chi connectivity index (χ1) is 33.7. The second-order valence-corrected chi connectivity index (χ2v) is 22.1. The summed E-state index contributed by atoms with van der Waals surface area (Å²) in [5.41, 5.74) is 29.1. The number of fused-ring (bicyclic) bond motifs is 4. The third-order valence-corrected chi connectivity index (χ3v) is 16.8. The molecule has 346 valence electrons.